The van der Waals surface area contributed by atoms with Gasteiger partial charge in [-0.25, -0.2) is 13.6 Å². The molecule has 0 fully saturated rings. The quantitative estimate of drug-likeness (QED) is 0.478. The van der Waals surface area contributed by atoms with Crippen molar-refractivity contribution in [3.63, 3.8) is 0 Å². The lowest BCUT2D eigenvalue weighted by atomic mass is 10.1. The molecule has 0 unspecified atom stereocenters. The molecule has 0 aliphatic rings. The first-order chi connectivity index (χ1) is 6.95. The SMILES string of the molecule is Cc1ccc(S(N)(=O)=O)cc1CN=[N+]=[N-]. The topological polar surface area (TPSA) is 109 Å². The largest absolute Gasteiger partial charge is 0.238 e. The molecule has 15 heavy (non-hydrogen) atoms. The third-order valence-corrected chi connectivity index (χ3v) is 2.86. The highest BCUT2D eigenvalue weighted by Gasteiger charge is 2.09. The van der Waals surface area contributed by atoms with E-state index in [1.807, 2.05) is 0 Å². The Hall–Kier alpha value is -1.56. The summed E-state index contributed by atoms with van der Waals surface area (Å²) in [7, 11) is -3.70. The van der Waals surface area contributed by atoms with E-state index in [0.717, 1.165) is 5.56 Å². The summed E-state index contributed by atoms with van der Waals surface area (Å²) in [5, 5.41) is 8.34. The molecule has 0 bridgehead atoms. The number of hydrogen-bond donors (Lipinski definition) is 1. The maximum atomic E-state index is 11.0. The van der Waals surface area contributed by atoms with Crippen molar-refractivity contribution in [2.75, 3.05) is 0 Å². The van der Waals surface area contributed by atoms with Crippen LogP contribution in [0.5, 0.6) is 0 Å². The lowest BCUT2D eigenvalue weighted by Gasteiger charge is -2.04. The number of azide groups is 1. The van der Waals surface area contributed by atoms with Gasteiger partial charge in [-0.05, 0) is 35.7 Å². The van der Waals surface area contributed by atoms with Crippen molar-refractivity contribution in [2.45, 2.75) is 18.4 Å². The Bertz CT molecular complexity index is 517. The smallest absolute Gasteiger partial charge is 0.225 e. The Labute approximate surface area is 87.4 Å². The Balaban J connectivity index is 3.22. The highest BCUT2D eigenvalue weighted by atomic mass is 32.2. The van der Waals surface area contributed by atoms with Gasteiger partial charge in [-0.1, -0.05) is 11.2 Å². The number of benzene rings is 1. The van der Waals surface area contributed by atoms with Gasteiger partial charge in [0.15, 0.2) is 0 Å². The Kier molecular flexibility index (Phi) is 3.31. The summed E-state index contributed by atoms with van der Waals surface area (Å²) in [6.07, 6.45) is 0. The van der Waals surface area contributed by atoms with Gasteiger partial charge in [0.1, 0.15) is 0 Å². The van der Waals surface area contributed by atoms with Gasteiger partial charge in [0, 0.05) is 4.91 Å². The maximum absolute atomic E-state index is 11.0. The molecule has 0 aliphatic heterocycles. The van der Waals surface area contributed by atoms with Crippen LogP contribution in [0.15, 0.2) is 28.2 Å². The van der Waals surface area contributed by atoms with Crippen LogP contribution < -0.4 is 5.14 Å². The summed E-state index contributed by atoms with van der Waals surface area (Å²) >= 11 is 0. The van der Waals surface area contributed by atoms with E-state index in [1.54, 1.807) is 13.0 Å². The first-order valence-corrected chi connectivity index (χ1v) is 5.63. The molecule has 7 heteroatoms. The molecule has 6 nitrogen and oxygen atoms in total. The molecule has 2 N–H and O–H groups in total. The monoisotopic (exact) mass is 226 g/mol. The average Bonchev–Trinajstić information content (AvgIpc) is 2.15. The van der Waals surface area contributed by atoms with Crippen LogP contribution >= 0.6 is 0 Å². The van der Waals surface area contributed by atoms with E-state index in [2.05, 4.69) is 10.0 Å². The van der Waals surface area contributed by atoms with E-state index >= 15 is 0 Å². The zero-order valence-electron chi connectivity index (χ0n) is 8.08. The predicted octanol–water partition coefficient (Wildman–Crippen LogP) is 1.45. The van der Waals surface area contributed by atoms with Gasteiger partial charge in [-0.2, -0.15) is 0 Å². The number of primary sulfonamides is 1. The molecule has 0 atom stereocenters. The van der Waals surface area contributed by atoms with Gasteiger partial charge in [0.05, 0.1) is 11.4 Å². The van der Waals surface area contributed by atoms with Crippen molar-refractivity contribution in [3.05, 3.63) is 39.8 Å². The number of nitrogens with zero attached hydrogens (tertiary/aromatic N) is 3. The van der Waals surface area contributed by atoms with E-state index in [-0.39, 0.29) is 11.4 Å². The molecular weight excluding hydrogens is 216 g/mol. The summed E-state index contributed by atoms with van der Waals surface area (Å²) in [5.74, 6) is 0. The normalized spacial score (nSPS) is 10.8. The molecule has 0 saturated heterocycles. The molecule has 1 aromatic carbocycles. The summed E-state index contributed by atoms with van der Waals surface area (Å²) in [6.45, 7) is 1.92. The third kappa shape index (κ3) is 2.95. The molecule has 0 aliphatic carbocycles. The Morgan fingerprint density at radius 2 is 2.20 bits per heavy atom. The molecule has 0 radical (unpaired) electrons. The summed E-state index contributed by atoms with van der Waals surface area (Å²) in [6, 6.07) is 4.46. The van der Waals surface area contributed by atoms with Crippen LogP contribution in [0.4, 0.5) is 0 Å². The van der Waals surface area contributed by atoms with E-state index in [4.69, 9.17) is 10.7 Å². The predicted molar refractivity (Wildman–Crippen MR) is 55.4 cm³/mol. The molecule has 0 amide bonds. The molecule has 0 saturated carbocycles. The van der Waals surface area contributed by atoms with Crippen molar-refractivity contribution >= 4 is 10.0 Å². The number of aryl methyl sites for hydroxylation is 1. The van der Waals surface area contributed by atoms with Crippen LogP contribution in [-0.4, -0.2) is 8.42 Å². The number of sulfonamides is 1. The Morgan fingerprint density at radius 3 is 2.73 bits per heavy atom. The van der Waals surface area contributed by atoms with Gasteiger partial charge in [-0.3, -0.25) is 0 Å². The standard InChI is InChI=1S/C8H10N4O2S/c1-6-2-3-8(15(10,13)14)4-7(6)5-11-12-9/h2-4H,5H2,1H3,(H2,10,13,14). The van der Waals surface area contributed by atoms with Gasteiger partial charge < -0.3 is 0 Å². The molecule has 0 spiro atoms. The molecular formula is C8H10N4O2S. The highest BCUT2D eigenvalue weighted by Crippen LogP contribution is 2.15. The maximum Gasteiger partial charge on any atom is 0.238 e. The Morgan fingerprint density at radius 1 is 1.53 bits per heavy atom. The lowest BCUT2D eigenvalue weighted by Crippen LogP contribution is -2.12. The number of hydrogen-bond acceptors (Lipinski definition) is 3. The number of rotatable bonds is 3. The van der Waals surface area contributed by atoms with E-state index in [0.29, 0.717) is 5.56 Å². The van der Waals surface area contributed by atoms with Crippen LogP contribution in [0, 0.1) is 6.92 Å². The van der Waals surface area contributed by atoms with Crippen LogP contribution in [-0.2, 0) is 16.6 Å². The molecule has 1 rings (SSSR count). The molecule has 1 aromatic rings. The van der Waals surface area contributed by atoms with Crippen molar-refractivity contribution in [1.82, 2.24) is 0 Å². The van der Waals surface area contributed by atoms with Crippen molar-refractivity contribution in [1.29, 1.82) is 0 Å². The van der Waals surface area contributed by atoms with E-state index < -0.39 is 10.0 Å². The van der Waals surface area contributed by atoms with Crippen LogP contribution in [0.25, 0.3) is 10.4 Å². The third-order valence-electron chi connectivity index (χ3n) is 1.95. The van der Waals surface area contributed by atoms with Crippen LogP contribution in [0.1, 0.15) is 11.1 Å². The molecule has 0 heterocycles. The summed E-state index contributed by atoms with van der Waals surface area (Å²) < 4.78 is 22.1. The minimum absolute atomic E-state index is 0.0243. The minimum atomic E-state index is -3.70. The summed E-state index contributed by atoms with van der Waals surface area (Å²) in [4.78, 5) is 2.63. The first kappa shape index (κ1) is 11.5. The van der Waals surface area contributed by atoms with Crippen molar-refractivity contribution in [2.24, 2.45) is 10.3 Å². The number of nitrogens with two attached hydrogens (primary N) is 1. The minimum Gasteiger partial charge on any atom is -0.225 e. The molecule has 80 valence electrons. The van der Waals surface area contributed by atoms with Crippen molar-refractivity contribution < 1.29 is 8.42 Å². The highest BCUT2D eigenvalue weighted by molar-refractivity contribution is 7.89. The molecule has 0 aromatic heterocycles. The van der Waals surface area contributed by atoms with Crippen molar-refractivity contribution in [3.8, 4) is 0 Å². The average molecular weight is 226 g/mol. The van der Waals surface area contributed by atoms with Crippen LogP contribution in [0.3, 0.4) is 0 Å². The van der Waals surface area contributed by atoms with Gasteiger partial charge in [-0.15, -0.1) is 0 Å². The fourth-order valence-electron chi connectivity index (χ4n) is 1.10. The van der Waals surface area contributed by atoms with Gasteiger partial charge in [0.25, 0.3) is 0 Å². The second kappa shape index (κ2) is 4.31. The zero-order valence-corrected chi connectivity index (χ0v) is 8.90. The van der Waals surface area contributed by atoms with Crippen LogP contribution in [0.2, 0.25) is 0 Å². The second-order valence-electron chi connectivity index (χ2n) is 3.02. The van der Waals surface area contributed by atoms with E-state index in [9.17, 15) is 8.42 Å². The fraction of sp³-hybridized carbons (Fsp3) is 0.250. The summed E-state index contributed by atoms with van der Waals surface area (Å²) in [5.41, 5.74) is 9.67. The van der Waals surface area contributed by atoms with E-state index in [1.165, 1.54) is 12.1 Å². The van der Waals surface area contributed by atoms with Gasteiger partial charge >= 0.3 is 0 Å². The fourth-order valence-corrected chi connectivity index (χ4v) is 1.67. The second-order valence-corrected chi connectivity index (χ2v) is 4.58. The lowest BCUT2D eigenvalue weighted by molar-refractivity contribution is 0.597. The zero-order chi connectivity index (χ0) is 11.5. The first-order valence-electron chi connectivity index (χ1n) is 4.08. The van der Waals surface area contributed by atoms with Gasteiger partial charge in [0.2, 0.25) is 10.0 Å².